The van der Waals surface area contributed by atoms with E-state index in [0.29, 0.717) is 44.8 Å². The van der Waals surface area contributed by atoms with Gasteiger partial charge in [0.25, 0.3) is 16.1 Å². The molecular formula is C31H29Cl2F3N6O3S2. The van der Waals surface area contributed by atoms with Crippen molar-refractivity contribution in [1.29, 1.82) is 0 Å². The van der Waals surface area contributed by atoms with Gasteiger partial charge in [-0.05, 0) is 67.4 Å². The molecule has 2 aromatic heterocycles. The van der Waals surface area contributed by atoms with Gasteiger partial charge in [-0.15, -0.1) is 11.3 Å². The predicted octanol–water partition coefficient (Wildman–Crippen LogP) is 6.40. The van der Waals surface area contributed by atoms with Gasteiger partial charge in [0.2, 0.25) is 0 Å². The highest BCUT2D eigenvalue weighted by atomic mass is 35.5. The number of thiophene rings is 1. The number of hydrogen-bond donors (Lipinski definition) is 3. The molecule has 0 atom stereocenters. The maximum absolute atomic E-state index is 13.7. The summed E-state index contributed by atoms with van der Waals surface area (Å²) < 4.78 is 70.6. The van der Waals surface area contributed by atoms with Crippen LogP contribution in [0.15, 0.2) is 54.6 Å². The van der Waals surface area contributed by atoms with Crippen molar-refractivity contribution in [3.8, 4) is 28.1 Å². The second-order valence-corrected chi connectivity index (χ2v) is 14.0. The summed E-state index contributed by atoms with van der Waals surface area (Å²) in [6.07, 6.45) is -1.56. The van der Waals surface area contributed by atoms with Gasteiger partial charge < -0.3 is 0 Å². The highest BCUT2D eigenvalue weighted by molar-refractivity contribution is 7.87. The first-order valence-corrected chi connectivity index (χ1v) is 17.6. The fraction of sp³-hybridized carbons (Fsp3) is 0.290. The molecule has 1 fully saturated rings. The lowest BCUT2D eigenvalue weighted by molar-refractivity contribution is -0.137. The summed E-state index contributed by atoms with van der Waals surface area (Å²) in [5.74, 6) is 5.32. The molecule has 0 unspecified atom stereocenters. The number of nitrogens with one attached hydrogen (secondary N) is 3. The van der Waals surface area contributed by atoms with E-state index in [4.69, 9.17) is 23.2 Å². The molecular weight excluding hydrogens is 696 g/mol. The minimum Gasteiger partial charge on any atom is -0.283 e. The molecule has 1 saturated heterocycles. The molecule has 4 aromatic rings. The van der Waals surface area contributed by atoms with Crippen LogP contribution in [0.2, 0.25) is 10.0 Å². The van der Waals surface area contributed by atoms with Gasteiger partial charge in [-0.25, -0.2) is 14.4 Å². The summed E-state index contributed by atoms with van der Waals surface area (Å²) in [6, 6.07) is 12.8. The summed E-state index contributed by atoms with van der Waals surface area (Å²) >= 11 is 14.0. The third-order valence-corrected chi connectivity index (χ3v) is 9.85. The Hall–Kier alpha value is -3.42. The third kappa shape index (κ3) is 8.74. The summed E-state index contributed by atoms with van der Waals surface area (Å²) in [5.41, 5.74) is 3.59. The molecule has 5 rings (SSSR count). The Balaban J connectivity index is 1.60. The minimum absolute atomic E-state index is 0.0124. The van der Waals surface area contributed by atoms with Gasteiger partial charge in [0.05, 0.1) is 31.7 Å². The van der Waals surface area contributed by atoms with E-state index in [0.717, 1.165) is 31.4 Å². The molecule has 1 aliphatic heterocycles. The van der Waals surface area contributed by atoms with E-state index in [1.54, 1.807) is 31.2 Å². The number of carbonyl (C=O) groups excluding carboxylic acids is 1. The molecule has 1 aliphatic rings. The standard InChI is InChI=1S/C31H29Cl2F3N6O3S2/c1-2-37-47(44,45)38-19-24-28(30(43)40-41-16-4-3-5-17-41)39-42(26-14-11-22(32)18-25(26)33)29(24)27-15-13-23(46-27)12-8-20-6-9-21(10-7-20)31(34,35)36/h6-7,9-11,13-15,18,37-38H,2-5,16-17,19H2,1H3,(H,40,43). The van der Waals surface area contributed by atoms with Crippen molar-refractivity contribution in [2.24, 2.45) is 0 Å². The minimum atomic E-state index is -4.45. The molecule has 0 aliphatic carbocycles. The summed E-state index contributed by atoms with van der Waals surface area (Å²) in [4.78, 5) is 14.9. The number of amides is 1. The topological polar surface area (TPSA) is 108 Å². The number of hydrazine groups is 1. The smallest absolute Gasteiger partial charge is 0.283 e. The van der Waals surface area contributed by atoms with Crippen molar-refractivity contribution < 1.29 is 26.4 Å². The van der Waals surface area contributed by atoms with Gasteiger partial charge in [-0.3, -0.25) is 10.2 Å². The Morgan fingerprint density at radius 1 is 1.00 bits per heavy atom. The van der Waals surface area contributed by atoms with E-state index in [1.807, 2.05) is 5.01 Å². The largest absolute Gasteiger partial charge is 0.416 e. The summed E-state index contributed by atoms with van der Waals surface area (Å²) in [7, 11) is -3.93. The zero-order valence-electron chi connectivity index (χ0n) is 24.9. The third-order valence-electron chi connectivity index (χ3n) is 7.11. The average molecular weight is 726 g/mol. The van der Waals surface area contributed by atoms with Crippen LogP contribution in [0.3, 0.4) is 0 Å². The Labute approximate surface area is 284 Å². The zero-order chi connectivity index (χ0) is 33.8. The summed E-state index contributed by atoms with van der Waals surface area (Å²) in [5, 5.41) is 7.10. The van der Waals surface area contributed by atoms with E-state index in [9.17, 15) is 26.4 Å². The normalized spacial score (nSPS) is 14.1. The molecule has 248 valence electrons. The monoisotopic (exact) mass is 724 g/mol. The Bertz CT molecular complexity index is 1930. The maximum atomic E-state index is 13.7. The van der Waals surface area contributed by atoms with Crippen LogP contribution < -0.4 is 14.9 Å². The lowest BCUT2D eigenvalue weighted by Crippen LogP contribution is -2.45. The molecule has 9 nitrogen and oxygen atoms in total. The van der Waals surface area contributed by atoms with Gasteiger partial charge in [0, 0.05) is 42.3 Å². The molecule has 2 aromatic carbocycles. The van der Waals surface area contributed by atoms with Gasteiger partial charge >= 0.3 is 6.18 Å². The highest BCUT2D eigenvalue weighted by Gasteiger charge is 2.30. The van der Waals surface area contributed by atoms with Gasteiger partial charge in [0.1, 0.15) is 0 Å². The number of carbonyl (C=O) groups is 1. The van der Waals surface area contributed by atoms with Crippen molar-refractivity contribution in [3.05, 3.63) is 91.9 Å². The van der Waals surface area contributed by atoms with Crippen LogP contribution in [0.4, 0.5) is 13.2 Å². The van der Waals surface area contributed by atoms with Crippen LogP contribution in [0.25, 0.3) is 16.3 Å². The first kappa shape index (κ1) is 34.9. The quantitative estimate of drug-likeness (QED) is 0.173. The van der Waals surface area contributed by atoms with Gasteiger partial charge in [0.15, 0.2) is 5.69 Å². The Kier molecular flexibility index (Phi) is 11.0. The lowest BCUT2D eigenvalue weighted by atomic mass is 10.1. The number of benzene rings is 2. The van der Waals surface area contributed by atoms with Crippen LogP contribution in [0.5, 0.6) is 0 Å². The SMILES string of the molecule is CCNS(=O)(=O)NCc1c(C(=O)NN2CCCCC2)nn(-c2ccc(Cl)cc2Cl)c1-c1ccc(C#Cc2ccc(C(F)(F)F)cc2)s1. The fourth-order valence-corrected chi connectivity index (χ4v) is 7.12. The molecule has 0 spiro atoms. The Morgan fingerprint density at radius 2 is 1.72 bits per heavy atom. The zero-order valence-corrected chi connectivity index (χ0v) is 28.1. The number of alkyl halides is 3. The maximum Gasteiger partial charge on any atom is 0.416 e. The lowest BCUT2D eigenvalue weighted by Gasteiger charge is -2.26. The Morgan fingerprint density at radius 3 is 2.38 bits per heavy atom. The number of nitrogens with zero attached hydrogens (tertiary/aromatic N) is 3. The van der Waals surface area contributed by atoms with E-state index in [-0.39, 0.29) is 29.4 Å². The van der Waals surface area contributed by atoms with Crippen molar-refractivity contribution in [1.82, 2.24) is 29.7 Å². The number of halogens is 5. The van der Waals surface area contributed by atoms with E-state index in [2.05, 4.69) is 31.8 Å². The molecule has 3 N–H and O–H groups in total. The highest BCUT2D eigenvalue weighted by Crippen LogP contribution is 2.37. The molecule has 0 saturated carbocycles. The van der Waals surface area contributed by atoms with E-state index >= 15 is 0 Å². The molecule has 0 bridgehead atoms. The summed E-state index contributed by atoms with van der Waals surface area (Å²) in [6.45, 7) is 2.83. The predicted molar refractivity (Wildman–Crippen MR) is 177 cm³/mol. The van der Waals surface area contributed by atoms with Crippen LogP contribution in [-0.4, -0.2) is 48.7 Å². The number of aromatic nitrogens is 2. The second-order valence-electron chi connectivity index (χ2n) is 10.5. The van der Waals surface area contributed by atoms with Crippen molar-refractivity contribution in [3.63, 3.8) is 0 Å². The molecule has 47 heavy (non-hydrogen) atoms. The van der Waals surface area contributed by atoms with Crippen molar-refractivity contribution in [2.75, 3.05) is 19.6 Å². The molecule has 1 amide bonds. The van der Waals surface area contributed by atoms with Gasteiger partial charge in [-0.2, -0.15) is 31.4 Å². The van der Waals surface area contributed by atoms with Crippen LogP contribution in [-0.2, 0) is 22.9 Å². The van der Waals surface area contributed by atoms with Crippen LogP contribution in [0, 0.1) is 11.8 Å². The van der Waals surface area contributed by atoms with Crippen LogP contribution >= 0.6 is 34.5 Å². The fourth-order valence-electron chi connectivity index (χ4n) is 4.90. The second kappa shape index (κ2) is 14.8. The van der Waals surface area contributed by atoms with E-state index < -0.39 is 27.9 Å². The molecule has 16 heteroatoms. The van der Waals surface area contributed by atoms with Crippen molar-refractivity contribution in [2.45, 2.75) is 38.9 Å². The van der Waals surface area contributed by atoms with Crippen LogP contribution in [0.1, 0.15) is 58.2 Å². The molecule has 0 radical (unpaired) electrons. The average Bonchev–Trinajstić information content (AvgIpc) is 3.64. The van der Waals surface area contributed by atoms with Gasteiger partial charge in [-0.1, -0.05) is 48.4 Å². The first-order valence-electron chi connectivity index (χ1n) is 14.5. The number of hydrogen-bond acceptors (Lipinski definition) is 6. The van der Waals surface area contributed by atoms with E-state index in [1.165, 1.54) is 34.2 Å². The molecule has 3 heterocycles. The number of rotatable bonds is 9. The van der Waals surface area contributed by atoms with Crippen molar-refractivity contribution >= 4 is 50.7 Å². The first-order chi connectivity index (χ1) is 22.3. The number of piperidine rings is 1.